The number of methoxy groups -OCH3 is 1. The smallest absolute Gasteiger partial charge is 0.252 e. The van der Waals surface area contributed by atoms with Gasteiger partial charge in [-0.25, -0.2) is 0 Å². The van der Waals surface area contributed by atoms with Gasteiger partial charge in [-0.1, -0.05) is 35.9 Å². The zero-order chi connectivity index (χ0) is 11.7. The van der Waals surface area contributed by atoms with E-state index in [1.165, 1.54) is 7.11 Å². The second-order valence-electron chi connectivity index (χ2n) is 3.36. The molecule has 0 aliphatic carbocycles. The Hall–Kier alpha value is -1.74. The minimum atomic E-state index is -0.551. The third-order valence-corrected chi connectivity index (χ3v) is 2.79. The number of rotatable bonds is 2. The average molecular weight is 236 g/mol. The normalized spacial score (nSPS) is 10.4. The fraction of sp³-hybridized carbons (Fsp3) is 0.0833. The Kier molecular flexibility index (Phi) is 2.71. The van der Waals surface area contributed by atoms with Crippen LogP contribution in [-0.2, 0) is 0 Å². The zero-order valence-corrected chi connectivity index (χ0v) is 9.41. The highest BCUT2D eigenvalue weighted by Gasteiger charge is 2.15. The Morgan fingerprint density at radius 1 is 1.38 bits per heavy atom. The number of hydrogen-bond acceptors (Lipinski definition) is 2. The van der Waals surface area contributed by atoms with Gasteiger partial charge in [0.15, 0.2) is 5.75 Å². The van der Waals surface area contributed by atoms with Gasteiger partial charge in [-0.2, -0.15) is 0 Å². The lowest BCUT2D eigenvalue weighted by Crippen LogP contribution is -2.12. The molecule has 0 heterocycles. The van der Waals surface area contributed by atoms with Crippen molar-refractivity contribution < 1.29 is 9.53 Å². The minimum Gasteiger partial charge on any atom is -0.494 e. The van der Waals surface area contributed by atoms with E-state index >= 15 is 0 Å². The van der Waals surface area contributed by atoms with Crippen molar-refractivity contribution in [2.45, 2.75) is 0 Å². The van der Waals surface area contributed by atoms with Crippen molar-refractivity contribution in [1.29, 1.82) is 0 Å². The largest absolute Gasteiger partial charge is 0.494 e. The Morgan fingerprint density at radius 2 is 2.06 bits per heavy atom. The number of fused-ring (bicyclic) bond motifs is 1. The number of benzene rings is 2. The van der Waals surface area contributed by atoms with Gasteiger partial charge in [-0.15, -0.1) is 0 Å². The molecular formula is C12H10ClNO2. The van der Waals surface area contributed by atoms with Crippen LogP contribution < -0.4 is 10.5 Å². The van der Waals surface area contributed by atoms with E-state index in [9.17, 15) is 4.79 Å². The molecule has 3 nitrogen and oxygen atoms in total. The van der Waals surface area contributed by atoms with Gasteiger partial charge in [0.2, 0.25) is 0 Å². The SMILES string of the molecule is COc1c(C(N)=O)cc2ccccc2c1Cl. The molecule has 0 aliphatic heterocycles. The molecule has 0 aromatic heterocycles. The van der Waals surface area contributed by atoms with E-state index in [0.29, 0.717) is 16.3 Å². The molecule has 2 aromatic carbocycles. The topological polar surface area (TPSA) is 52.3 Å². The maximum Gasteiger partial charge on any atom is 0.252 e. The molecular weight excluding hydrogens is 226 g/mol. The van der Waals surface area contributed by atoms with Crippen LogP contribution in [0.5, 0.6) is 5.75 Å². The molecule has 0 unspecified atom stereocenters. The number of primary amides is 1. The van der Waals surface area contributed by atoms with Crippen molar-refractivity contribution in [3.05, 3.63) is 40.9 Å². The summed E-state index contributed by atoms with van der Waals surface area (Å²) in [5, 5.41) is 2.11. The van der Waals surface area contributed by atoms with Crippen molar-refractivity contribution in [3.63, 3.8) is 0 Å². The number of hydrogen-bond donors (Lipinski definition) is 1. The van der Waals surface area contributed by atoms with Gasteiger partial charge in [0.05, 0.1) is 17.7 Å². The quantitative estimate of drug-likeness (QED) is 0.870. The molecule has 82 valence electrons. The maximum atomic E-state index is 11.3. The van der Waals surface area contributed by atoms with Gasteiger partial charge in [0, 0.05) is 5.39 Å². The molecule has 0 bridgehead atoms. The summed E-state index contributed by atoms with van der Waals surface area (Å²) < 4.78 is 5.11. The van der Waals surface area contributed by atoms with Crippen LogP contribution in [0.25, 0.3) is 10.8 Å². The molecule has 4 heteroatoms. The number of amides is 1. The fourth-order valence-electron chi connectivity index (χ4n) is 1.67. The third kappa shape index (κ3) is 1.59. The Labute approximate surface area is 97.8 Å². The summed E-state index contributed by atoms with van der Waals surface area (Å²) >= 11 is 6.16. The lowest BCUT2D eigenvalue weighted by molar-refractivity contribution is 0.0997. The standard InChI is InChI=1S/C12H10ClNO2/c1-16-11-9(12(14)15)6-7-4-2-3-5-8(7)10(11)13/h2-6H,1H3,(H2,14,15). The monoisotopic (exact) mass is 235 g/mol. The van der Waals surface area contributed by atoms with E-state index in [-0.39, 0.29) is 0 Å². The lowest BCUT2D eigenvalue weighted by Gasteiger charge is -2.10. The van der Waals surface area contributed by atoms with Gasteiger partial charge >= 0.3 is 0 Å². The molecule has 0 radical (unpaired) electrons. The van der Waals surface area contributed by atoms with Crippen LogP contribution in [-0.4, -0.2) is 13.0 Å². The molecule has 2 N–H and O–H groups in total. The van der Waals surface area contributed by atoms with Crippen LogP contribution in [0.15, 0.2) is 30.3 Å². The third-order valence-electron chi connectivity index (χ3n) is 2.41. The van der Waals surface area contributed by atoms with E-state index in [0.717, 1.165) is 10.8 Å². The van der Waals surface area contributed by atoms with Gasteiger partial charge in [0.1, 0.15) is 0 Å². The number of carbonyl (C=O) groups excluding carboxylic acids is 1. The first-order valence-corrected chi connectivity index (χ1v) is 5.08. The summed E-state index contributed by atoms with van der Waals surface area (Å²) in [6.07, 6.45) is 0. The molecule has 0 saturated heterocycles. The van der Waals surface area contributed by atoms with Crippen molar-refractivity contribution in [2.24, 2.45) is 5.73 Å². The van der Waals surface area contributed by atoms with Gasteiger partial charge in [0.25, 0.3) is 5.91 Å². The molecule has 1 amide bonds. The molecule has 2 rings (SSSR count). The molecule has 0 saturated carbocycles. The first-order chi connectivity index (χ1) is 7.65. The predicted molar refractivity (Wildman–Crippen MR) is 64.0 cm³/mol. The number of halogens is 1. The Bertz CT molecular complexity index is 566. The number of ether oxygens (including phenoxy) is 1. The van der Waals surface area contributed by atoms with E-state index in [1.54, 1.807) is 6.07 Å². The van der Waals surface area contributed by atoms with Crippen molar-refractivity contribution in [3.8, 4) is 5.75 Å². The second kappa shape index (κ2) is 4.02. The molecule has 0 fully saturated rings. The average Bonchev–Trinajstić information content (AvgIpc) is 2.29. The van der Waals surface area contributed by atoms with Gasteiger partial charge < -0.3 is 10.5 Å². The van der Waals surface area contributed by atoms with Crippen LogP contribution in [0.3, 0.4) is 0 Å². The minimum absolute atomic E-state index is 0.297. The van der Waals surface area contributed by atoms with Gasteiger partial charge in [-0.3, -0.25) is 4.79 Å². The van der Waals surface area contributed by atoms with Crippen molar-refractivity contribution in [2.75, 3.05) is 7.11 Å². The Balaban J connectivity index is 2.87. The highest BCUT2D eigenvalue weighted by atomic mass is 35.5. The first-order valence-electron chi connectivity index (χ1n) is 4.70. The predicted octanol–water partition coefficient (Wildman–Crippen LogP) is 2.60. The summed E-state index contributed by atoms with van der Waals surface area (Å²) in [5.41, 5.74) is 5.57. The molecule has 2 aromatic rings. The van der Waals surface area contributed by atoms with E-state index < -0.39 is 5.91 Å². The van der Waals surface area contributed by atoms with Crippen LogP contribution in [0.4, 0.5) is 0 Å². The lowest BCUT2D eigenvalue weighted by atomic mass is 10.1. The fourth-order valence-corrected chi connectivity index (χ4v) is 2.02. The van der Waals surface area contributed by atoms with Crippen molar-refractivity contribution >= 4 is 28.3 Å². The van der Waals surface area contributed by atoms with E-state index in [1.807, 2.05) is 24.3 Å². The van der Waals surface area contributed by atoms with Crippen LogP contribution in [0.1, 0.15) is 10.4 Å². The van der Waals surface area contributed by atoms with E-state index in [2.05, 4.69) is 0 Å². The Morgan fingerprint density at radius 3 is 2.69 bits per heavy atom. The van der Waals surface area contributed by atoms with Gasteiger partial charge in [-0.05, 0) is 11.5 Å². The zero-order valence-electron chi connectivity index (χ0n) is 8.66. The summed E-state index contributed by atoms with van der Waals surface area (Å²) in [6.45, 7) is 0. The summed E-state index contributed by atoms with van der Waals surface area (Å²) in [7, 11) is 1.46. The van der Waals surface area contributed by atoms with Crippen LogP contribution in [0.2, 0.25) is 5.02 Å². The second-order valence-corrected chi connectivity index (χ2v) is 3.73. The summed E-state index contributed by atoms with van der Waals surface area (Å²) in [4.78, 5) is 11.3. The first kappa shape index (κ1) is 10.8. The van der Waals surface area contributed by atoms with Crippen molar-refractivity contribution in [1.82, 2.24) is 0 Å². The summed E-state index contributed by atoms with van der Waals surface area (Å²) in [5.74, 6) is -0.225. The molecule has 16 heavy (non-hydrogen) atoms. The number of nitrogens with two attached hydrogens (primary N) is 1. The van der Waals surface area contributed by atoms with Crippen LogP contribution >= 0.6 is 11.6 Å². The number of carbonyl (C=O) groups is 1. The van der Waals surface area contributed by atoms with Crippen LogP contribution in [0, 0.1) is 0 Å². The molecule has 0 atom stereocenters. The summed E-state index contributed by atoms with van der Waals surface area (Å²) in [6, 6.07) is 9.16. The highest BCUT2D eigenvalue weighted by molar-refractivity contribution is 6.37. The maximum absolute atomic E-state index is 11.3. The van der Waals surface area contributed by atoms with E-state index in [4.69, 9.17) is 22.1 Å². The molecule has 0 aliphatic rings. The molecule has 0 spiro atoms. The highest BCUT2D eigenvalue weighted by Crippen LogP contribution is 2.35.